The molecule has 1 aromatic heterocycles. The van der Waals surface area contributed by atoms with Crippen LogP contribution in [0.15, 0.2) is 21.0 Å². The van der Waals surface area contributed by atoms with E-state index in [4.69, 9.17) is 5.11 Å². The summed E-state index contributed by atoms with van der Waals surface area (Å²) in [5.74, 6) is -1.21. The highest BCUT2D eigenvalue weighted by Crippen LogP contribution is 2.25. The van der Waals surface area contributed by atoms with E-state index in [1.807, 2.05) is 11.4 Å². The Bertz CT molecular complexity index is 497. The van der Waals surface area contributed by atoms with Crippen molar-refractivity contribution >= 4 is 44.9 Å². The lowest BCUT2D eigenvalue weighted by Crippen LogP contribution is -2.33. The standard InChI is InChI=1S/C10H9BrN2O3S/c11-6-3-4-17-8(6)5-13-9(14)2-1-7(12-13)10(15)16/h3-4H,1-2,5H2,(H,15,16). The van der Waals surface area contributed by atoms with Crippen molar-refractivity contribution in [3.05, 3.63) is 20.8 Å². The number of carbonyl (C=O) groups is 2. The van der Waals surface area contributed by atoms with Crippen LogP contribution in [-0.4, -0.2) is 27.7 Å². The lowest BCUT2D eigenvalue weighted by molar-refractivity contribution is -0.133. The van der Waals surface area contributed by atoms with Gasteiger partial charge in [-0.1, -0.05) is 0 Å². The molecule has 1 amide bonds. The van der Waals surface area contributed by atoms with Gasteiger partial charge in [-0.05, 0) is 27.4 Å². The lowest BCUT2D eigenvalue weighted by atomic mass is 10.2. The van der Waals surface area contributed by atoms with E-state index in [1.54, 1.807) is 0 Å². The molecule has 0 saturated heterocycles. The lowest BCUT2D eigenvalue weighted by Gasteiger charge is -2.21. The molecule has 0 radical (unpaired) electrons. The second-order valence-corrected chi connectivity index (χ2v) is 5.35. The van der Waals surface area contributed by atoms with Gasteiger partial charge in [-0.25, -0.2) is 9.80 Å². The Labute approximate surface area is 110 Å². The van der Waals surface area contributed by atoms with Crippen molar-refractivity contribution in [3.63, 3.8) is 0 Å². The highest BCUT2D eigenvalue weighted by molar-refractivity contribution is 9.10. The van der Waals surface area contributed by atoms with Crippen molar-refractivity contribution < 1.29 is 14.7 Å². The van der Waals surface area contributed by atoms with E-state index in [0.29, 0.717) is 6.54 Å². The van der Waals surface area contributed by atoms with Gasteiger partial charge in [-0.2, -0.15) is 5.10 Å². The topological polar surface area (TPSA) is 70.0 Å². The number of hydrogen-bond acceptors (Lipinski definition) is 4. The Morgan fingerprint density at radius 3 is 2.94 bits per heavy atom. The third-order valence-corrected chi connectivity index (χ3v) is 4.25. The van der Waals surface area contributed by atoms with E-state index in [-0.39, 0.29) is 24.5 Å². The summed E-state index contributed by atoms with van der Waals surface area (Å²) >= 11 is 4.86. The van der Waals surface area contributed by atoms with Gasteiger partial charge in [0.05, 0.1) is 6.54 Å². The summed E-state index contributed by atoms with van der Waals surface area (Å²) in [6, 6.07) is 1.89. The van der Waals surface area contributed by atoms with Crippen molar-refractivity contribution in [1.29, 1.82) is 0 Å². The van der Waals surface area contributed by atoms with E-state index in [0.717, 1.165) is 9.35 Å². The Morgan fingerprint density at radius 1 is 1.59 bits per heavy atom. The molecule has 0 aliphatic carbocycles. The van der Waals surface area contributed by atoms with E-state index in [1.165, 1.54) is 16.3 Å². The van der Waals surface area contributed by atoms with Crippen LogP contribution in [0.1, 0.15) is 17.7 Å². The number of carboxylic acid groups (broad SMARTS) is 1. The van der Waals surface area contributed by atoms with Crippen LogP contribution in [0.4, 0.5) is 0 Å². The molecule has 0 unspecified atom stereocenters. The second kappa shape index (κ2) is 4.97. The molecular weight excluding hydrogens is 308 g/mol. The van der Waals surface area contributed by atoms with Gasteiger partial charge >= 0.3 is 5.97 Å². The first-order valence-corrected chi connectivity index (χ1v) is 6.58. The maximum Gasteiger partial charge on any atom is 0.352 e. The van der Waals surface area contributed by atoms with Crippen LogP contribution >= 0.6 is 27.3 Å². The van der Waals surface area contributed by atoms with Gasteiger partial charge in [0.25, 0.3) is 0 Å². The van der Waals surface area contributed by atoms with E-state index in [9.17, 15) is 9.59 Å². The number of nitrogens with zero attached hydrogens (tertiary/aromatic N) is 2. The number of thiophene rings is 1. The van der Waals surface area contributed by atoms with Gasteiger partial charge in [-0.3, -0.25) is 4.79 Å². The van der Waals surface area contributed by atoms with E-state index < -0.39 is 5.97 Å². The fourth-order valence-electron chi connectivity index (χ4n) is 1.45. The molecule has 90 valence electrons. The maximum absolute atomic E-state index is 11.6. The number of amides is 1. The molecule has 1 aliphatic heterocycles. The molecule has 0 atom stereocenters. The molecule has 0 bridgehead atoms. The molecule has 7 heteroatoms. The van der Waals surface area contributed by atoms with Crippen molar-refractivity contribution in [2.24, 2.45) is 5.10 Å². The number of carbonyl (C=O) groups excluding carboxylic acids is 1. The summed E-state index contributed by atoms with van der Waals surface area (Å²) in [5, 5.41) is 15.8. The first-order valence-electron chi connectivity index (χ1n) is 4.91. The van der Waals surface area contributed by atoms with Crippen LogP contribution in [0.3, 0.4) is 0 Å². The SMILES string of the molecule is O=C(O)C1=NN(Cc2sccc2Br)C(=O)CC1. The molecule has 1 aromatic rings. The minimum absolute atomic E-state index is 0.0391. The Hall–Kier alpha value is -1.21. The van der Waals surface area contributed by atoms with Gasteiger partial charge < -0.3 is 5.11 Å². The Morgan fingerprint density at radius 2 is 2.35 bits per heavy atom. The molecular formula is C10H9BrN2O3S. The third kappa shape index (κ3) is 2.73. The van der Waals surface area contributed by atoms with Crippen LogP contribution in [0.5, 0.6) is 0 Å². The summed E-state index contributed by atoms with van der Waals surface area (Å²) < 4.78 is 0.910. The highest BCUT2D eigenvalue weighted by atomic mass is 79.9. The number of aliphatic carboxylic acids is 1. The number of rotatable bonds is 3. The quantitative estimate of drug-likeness (QED) is 0.928. The average Bonchev–Trinajstić information content (AvgIpc) is 2.67. The van der Waals surface area contributed by atoms with Crippen LogP contribution < -0.4 is 0 Å². The molecule has 2 heterocycles. The zero-order valence-electron chi connectivity index (χ0n) is 8.72. The van der Waals surface area contributed by atoms with Gasteiger partial charge in [0.15, 0.2) is 0 Å². The fourth-order valence-corrected chi connectivity index (χ4v) is 2.91. The molecule has 1 N–H and O–H groups in total. The van der Waals surface area contributed by atoms with Crippen molar-refractivity contribution in [3.8, 4) is 0 Å². The van der Waals surface area contributed by atoms with Crippen molar-refractivity contribution in [2.45, 2.75) is 19.4 Å². The molecule has 1 aliphatic rings. The number of hydrogen-bond donors (Lipinski definition) is 1. The molecule has 0 fully saturated rings. The van der Waals surface area contributed by atoms with Crippen molar-refractivity contribution in [2.75, 3.05) is 0 Å². The summed E-state index contributed by atoms with van der Waals surface area (Å²) in [6.45, 7) is 0.313. The largest absolute Gasteiger partial charge is 0.477 e. The molecule has 17 heavy (non-hydrogen) atoms. The summed E-state index contributed by atoms with van der Waals surface area (Å²) in [6.07, 6.45) is 0.407. The highest BCUT2D eigenvalue weighted by Gasteiger charge is 2.24. The number of halogens is 1. The normalized spacial score (nSPS) is 15.9. The summed E-state index contributed by atoms with van der Waals surface area (Å²) in [7, 11) is 0. The zero-order chi connectivity index (χ0) is 12.4. The summed E-state index contributed by atoms with van der Waals surface area (Å²) in [5.41, 5.74) is 0.0391. The maximum atomic E-state index is 11.6. The second-order valence-electron chi connectivity index (χ2n) is 3.49. The average molecular weight is 317 g/mol. The minimum Gasteiger partial charge on any atom is -0.477 e. The van der Waals surface area contributed by atoms with Gasteiger partial charge in [0, 0.05) is 22.2 Å². The number of carboxylic acids is 1. The monoisotopic (exact) mass is 316 g/mol. The van der Waals surface area contributed by atoms with Crippen LogP contribution in [0.2, 0.25) is 0 Å². The zero-order valence-corrected chi connectivity index (χ0v) is 11.1. The third-order valence-electron chi connectivity index (χ3n) is 2.34. The molecule has 0 spiro atoms. The predicted octanol–water partition coefficient (Wildman–Crippen LogP) is 2.07. The van der Waals surface area contributed by atoms with Gasteiger partial charge in [-0.15, -0.1) is 11.3 Å². The smallest absolute Gasteiger partial charge is 0.352 e. The first-order chi connectivity index (χ1) is 8.08. The van der Waals surface area contributed by atoms with Gasteiger partial charge in [0.1, 0.15) is 5.71 Å². The van der Waals surface area contributed by atoms with Crippen LogP contribution in [-0.2, 0) is 16.1 Å². The fraction of sp³-hybridized carbons (Fsp3) is 0.300. The predicted molar refractivity (Wildman–Crippen MR) is 66.9 cm³/mol. The van der Waals surface area contributed by atoms with Crippen LogP contribution in [0, 0.1) is 0 Å². The molecule has 0 saturated carbocycles. The Kier molecular flexibility index (Phi) is 3.58. The van der Waals surface area contributed by atoms with E-state index >= 15 is 0 Å². The Balaban J connectivity index is 2.19. The number of hydrazone groups is 1. The molecule has 2 rings (SSSR count). The van der Waals surface area contributed by atoms with Crippen LogP contribution in [0.25, 0.3) is 0 Å². The first kappa shape index (κ1) is 12.3. The van der Waals surface area contributed by atoms with E-state index in [2.05, 4.69) is 21.0 Å². The van der Waals surface area contributed by atoms with Gasteiger partial charge in [0.2, 0.25) is 5.91 Å². The minimum atomic E-state index is -1.06. The summed E-state index contributed by atoms with van der Waals surface area (Å²) in [4.78, 5) is 23.4. The molecule has 0 aromatic carbocycles. The van der Waals surface area contributed by atoms with Crippen molar-refractivity contribution in [1.82, 2.24) is 5.01 Å². The molecule has 5 nitrogen and oxygen atoms in total.